The molecule has 0 N–H and O–H groups in total. The van der Waals surface area contributed by atoms with Gasteiger partial charge in [0.1, 0.15) is 0 Å². The summed E-state index contributed by atoms with van der Waals surface area (Å²) < 4.78 is 5.08. The van der Waals surface area contributed by atoms with E-state index in [0.717, 1.165) is 5.56 Å². The first-order chi connectivity index (χ1) is 14.0. The molecule has 0 aliphatic heterocycles. The molecule has 1 atom stereocenters. The van der Waals surface area contributed by atoms with Crippen LogP contribution in [0.2, 0.25) is 0 Å². The number of aryl methyl sites for hydroxylation is 1. The van der Waals surface area contributed by atoms with E-state index in [4.69, 9.17) is 4.74 Å². The highest BCUT2D eigenvalue weighted by Gasteiger charge is 2.42. The van der Waals surface area contributed by atoms with Crippen molar-refractivity contribution in [2.45, 2.75) is 72.6 Å². The summed E-state index contributed by atoms with van der Waals surface area (Å²) in [4.78, 5) is 11.9. The van der Waals surface area contributed by atoms with Crippen LogP contribution < -0.4 is 0 Å². The lowest BCUT2D eigenvalue weighted by molar-refractivity contribution is 0.0526. The quantitative estimate of drug-likeness (QED) is 0.394. The molecule has 0 aromatic heterocycles. The Hall–Kier alpha value is -2.35. The van der Waals surface area contributed by atoms with Crippen LogP contribution in [-0.4, -0.2) is 12.6 Å². The smallest absolute Gasteiger partial charge is 0.338 e. The van der Waals surface area contributed by atoms with Crippen LogP contribution in [0.1, 0.15) is 93.1 Å². The van der Waals surface area contributed by atoms with E-state index in [1.165, 1.54) is 34.2 Å². The zero-order valence-corrected chi connectivity index (χ0v) is 19.8. The lowest BCUT2D eigenvalue weighted by atomic mass is 9.58. The number of carbonyl (C=O) groups excluding carboxylic acids is 1. The van der Waals surface area contributed by atoms with Crippen LogP contribution in [0.5, 0.6) is 0 Å². The molecule has 1 aliphatic rings. The molecular weight excluding hydrogens is 368 g/mol. The van der Waals surface area contributed by atoms with Crippen molar-refractivity contribution in [2.24, 2.45) is 5.92 Å². The molecule has 160 valence electrons. The van der Waals surface area contributed by atoms with Crippen molar-refractivity contribution in [3.63, 3.8) is 0 Å². The van der Waals surface area contributed by atoms with Gasteiger partial charge in [0.05, 0.1) is 12.2 Å². The highest BCUT2D eigenvalue weighted by atomic mass is 16.5. The second kappa shape index (κ2) is 8.06. The van der Waals surface area contributed by atoms with Gasteiger partial charge in [-0.15, -0.1) is 0 Å². The standard InChI is InChI=1S/C28H36O2/c1-9-30-26(29)22-12-10-21(11-13-22)14-18(2)23-16-24-25(15-19(23)3)28(7,8)20(4)17-27(24,5)6/h10-16,20H,9,17H2,1-8H3. The second-order valence-electron chi connectivity index (χ2n) is 10.1. The largest absolute Gasteiger partial charge is 0.462 e. The first-order valence-electron chi connectivity index (χ1n) is 11.1. The van der Waals surface area contributed by atoms with Gasteiger partial charge in [-0.1, -0.05) is 65.0 Å². The van der Waals surface area contributed by atoms with Gasteiger partial charge < -0.3 is 4.74 Å². The number of esters is 1. The fraction of sp³-hybridized carbons (Fsp3) is 0.464. The van der Waals surface area contributed by atoms with E-state index in [0.29, 0.717) is 18.1 Å². The molecule has 0 fully saturated rings. The third-order valence-corrected chi connectivity index (χ3v) is 7.07. The summed E-state index contributed by atoms with van der Waals surface area (Å²) >= 11 is 0. The molecule has 0 saturated carbocycles. The van der Waals surface area contributed by atoms with E-state index in [-0.39, 0.29) is 16.8 Å². The third kappa shape index (κ3) is 4.10. The van der Waals surface area contributed by atoms with E-state index in [9.17, 15) is 4.79 Å². The highest BCUT2D eigenvalue weighted by molar-refractivity contribution is 5.90. The first-order valence-corrected chi connectivity index (χ1v) is 11.1. The summed E-state index contributed by atoms with van der Waals surface area (Å²) in [6.45, 7) is 18.5. The molecule has 1 unspecified atom stereocenters. The van der Waals surface area contributed by atoms with Crippen molar-refractivity contribution in [3.8, 4) is 0 Å². The van der Waals surface area contributed by atoms with Crippen molar-refractivity contribution in [2.75, 3.05) is 6.61 Å². The van der Waals surface area contributed by atoms with Crippen LogP contribution >= 0.6 is 0 Å². The minimum absolute atomic E-state index is 0.175. The minimum Gasteiger partial charge on any atom is -0.462 e. The Kier molecular flexibility index (Phi) is 6.00. The normalized spacial score (nSPS) is 19.9. The molecule has 0 saturated heterocycles. The Balaban J connectivity index is 1.99. The van der Waals surface area contributed by atoms with Crippen LogP contribution in [0, 0.1) is 12.8 Å². The van der Waals surface area contributed by atoms with Crippen LogP contribution in [0.4, 0.5) is 0 Å². The SMILES string of the molecule is CCOC(=O)c1ccc(C=C(C)c2cc3c(cc2C)C(C)(C)C(C)CC3(C)C)cc1. The van der Waals surface area contributed by atoms with E-state index in [1.807, 2.05) is 31.2 Å². The molecule has 2 nitrogen and oxygen atoms in total. The molecule has 2 aromatic rings. The van der Waals surface area contributed by atoms with Crippen molar-refractivity contribution in [1.29, 1.82) is 0 Å². The van der Waals surface area contributed by atoms with Crippen LogP contribution in [0.3, 0.4) is 0 Å². The highest BCUT2D eigenvalue weighted by Crippen LogP contribution is 2.50. The second-order valence-corrected chi connectivity index (χ2v) is 10.1. The Morgan fingerprint density at radius 2 is 1.73 bits per heavy atom. The van der Waals surface area contributed by atoms with Crippen molar-refractivity contribution in [3.05, 3.63) is 69.8 Å². The molecule has 0 bridgehead atoms. The Labute approximate surface area is 182 Å². The van der Waals surface area contributed by atoms with Gasteiger partial charge in [0.2, 0.25) is 0 Å². The summed E-state index contributed by atoms with van der Waals surface area (Å²) in [5.41, 5.74) is 8.90. The van der Waals surface area contributed by atoms with Gasteiger partial charge in [-0.3, -0.25) is 0 Å². The number of hydrogen-bond acceptors (Lipinski definition) is 2. The maximum absolute atomic E-state index is 11.9. The molecule has 0 radical (unpaired) electrons. The zero-order chi connectivity index (χ0) is 22.3. The third-order valence-electron chi connectivity index (χ3n) is 7.07. The van der Waals surface area contributed by atoms with Crippen molar-refractivity contribution < 1.29 is 9.53 Å². The number of rotatable bonds is 4. The summed E-state index contributed by atoms with van der Waals surface area (Å²) in [6, 6.07) is 12.5. The molecule has 0 heterocycles. The Bertz CT molecular complexity index is 974. The van der Waals surface area contributed by atoms with Gasteiger partial charge in [0.15, 0.2) is 0 Å². The number of ether oxygens (including phenoxy) is 1. The number of hydrogen-bond donors (Lipinski definition) is 0. The van der Waals surface area contributed by atoms with Crippen molar-refractivity contribution >= 4 is 17.6 Å². The van der Waals surface area contributed by atoms with E-state index in [1.54, 1.807) is 0 Å². The fourth-order valence-corrected chi connectivity index (χ4v) is 4.88. The van der Waals surface area contributed by atoms with E-state index < -0.39 is 0 Å². The number of allylic oxidation sites excluding steroid dienone is 1. The van der Waals surface area contributed by atoms with Crippen LogP contribution in [0.25, 0.3) is 11.6 Å². The molecule has 30 heavy (non-hydrogen) atoms. The van der Waals surface area contributed by atoms with Gasteiger partial charge in [-0.05, 0) is 89.5 Å². The average Bonchev–Trinajstić information content (AvgIpc) is 2.66. The molecule has 2 heteroatoms. The predicted octanol–water partition coefficient (Wildman–Crippen LogP) is 7.33. The number of carbonyl (C=O) groups is 1. The van der Waals surface area contributed by atoms with Gasteiger partial charge in [-0.25, -0.2) is 4.79 Å². The fourth-order valence-electron chi connectivity index (χ4n) is 4.88. The number of fused-ring (bicyclic) bond motifs is 1. The molecule has 1 aliphatic carbocycles. The van der Waals surface area contributed by atoms with E-state index in [2.05, 4.69) is 66.7 Å². The molecule has 0 amide bonds. The van der Waals surface area contributed by atoms with Crippen LogP contribution in [0.15, 0.2) is 36.4 Å². The molecule has 2 aromatic carbocycles. The molecule has 0 spiro atoms. The maximum Gasteiger partial charge on any atom is 0.338 e. The predicted molar refractivity (Wildman–Crippen MR) is 127 cm³/mol. The molecular formula is C28H36O2. The average molecular weight is 405 g/mol. The van der Waals surface area contributed by atoms with Gasteiger partial charge in [-0.2, -0.15) is 0 Å². The maximum atomic E-state index is 11.9. The van der Waals surface area contributed by atoms with Crippen molar-refractivity contribution in [1.82, 2.24) is 0 Å². The first kappa shape index (κ1) is 22.3. The van der Waals surface area contributed by atoms with Gasteiger partial charge >= 0.3 is 5.97 Å². The summed E-state index contributed by atoms with van der Waals surface area (Å²) in [6.07, 6.45) is 3.40. The lowest BCUT2D eigenvalue weighted by Crippen LogP contribution is -2.40. The summed E-state index contributed by atoms with van der Waals surface area (Å²) in [5.74, 6) is 0.383. The Morgan fingerprint density at radius 1 is 1.10 bits per heavy atom. The van der Waals surface area contributed by atoms with Gasteiger partial charge in [0, 0.05) is 0 Å². The van der Waals surface area contributed by atoms with Gasteiger partial charge in [0.25, 0.3) is 0 Å². The topological polar surface area (TPSA) is 26.3 Å². The van der Waals surface area contributed by atoms with E-state index >= 15 is 0 Å². The summed E-state index contributed by atoms with van der Waals surface area (Å²) in [7, 11) is 0. The monoisotopic (exact) mass is 404 g/mol. The molecule has 3 rings (SSSR count). The minimum atomic E-state index is -0.269. The zero-order valence-electron chi connectivity index (χ0n) is 19.8. The summed E-state index contributed by atoms with van der Waals surface area (Å²) in [5, 5.41) is 0. The Morgan fingerprint density at radius 3 is 2.33 bits per heavy atom. The van der Waals surface area contributed by atoms with Crippen LogP contribution in [-0.2, 0) is 15.6 Å². The lowest BCUT2D eigenvalue weighted by Gasteiger charge is -2.47. The number of benzene rings is 2.